The van der Waals surface area contributed by atoms with Crippen LogP contribution in [0.25, 0.3) is 5.65 Å². The number of rotatable bonds is 2. The number of thiocarbonyl (C=S) groups is 1. The third kappa shape index (κ3) is 1.65. The summed E-state index contributed by atoms with van der Waals surface area (Å²) in [5.74, 6) is 0. The standard InChI is InChI=1S/C8H8N4S/c9-7(13)3-6-5-12-2-1-10-4-8(12)11-6/h1-2,4-5H,3H2,(H2,9,13). The summed E-state index contributed by atoms with van der Waals surface area (Å²) in [5, 5.41) is 0. The molecular weight excluding hydrogens is 184 g/mol. The highest BCUT2D eigenvalue weighted by Gasteiger charge is 2.01. The predicted octanol–water partition coefficient (Wildman–Crippen LogP) is 0.558. The Morgan fingerprint density at radius 2 is 2.46 bits per heavy atom. The normalized spacial score (nSPS) is 10.5. The van der Waals surface area contributed by atoms with Crippen LogP contribution < -0.4 is 5.73 Å². The summed E-state index contributed by atoms with van der Waals surface area (Å²) in [7, 11) is 0. The van der Waals surface area contributed by atoms with Gasteiger partial charge in [-0.25, -0.2) is 4.98 Å². The van der Waals surface area contributed by atoms with Gasteiger partial charge in [-0.2, -0.15) is 0 Å². The van der Waals surface area contributed by atoms with Crippen LogP contribution in [0.5, 0.6) is 0 Å². The number of nitrogens with two attached hydrogens (primary N) is 1. The number of hydrogen-bond acceptors (Lipinski definition) is 3. The van der Waals surface area contributed by atoms with Crippen molar-refractivity contribution < 1.29 is 0 Å². The van der Waals surface area contributed by atoms with Gasteiger partial charge in [0.1, 0.15) is 0 Å². The minimum atomic E-state index is 0.455. The minimum Gasteiger partial charge on any atom is -0.393 e. The molecule has 0 aliphatic carbocycles. The van der Waals surface area contributed by atoms with E-state index in [-0.39, 0.29) is 0 Å². The number of imidazole rings is 1. The Balaban J connectivity index is 2.44. The quantitative estimate of drug-likeness (QED) is 0.706. The van der Waals surface area contributed by atoms with E-state index in [2.05, 4.69) is 9.97 Å². The highest BCUT2D eigenvalue weighted by molar-refractivity contribution is 7.80. The van der Waals surface area contributed by atoms with Crippen LogP contribution in [0.3, 0.4) is 0 Å². The summed E-state index contributed by atoms with van der Waals surface area (Å²) < 4.78 is 1.89. The van der Waals surface area contributed by atoms with Crippen molar-refractivity contribution in [3.63, 3.8) is 0 Å². The summed E-state index contributed by atoms with van der Waals surface area (Å²) in [4.78, 5) is 8.70. The first-order chi connectivity index (χ1) is 6.25. The second kappa shape index (κ2) is 3.10. The molecule has 0 unspecified atom stereocenters. The molecule has 0 spiro atoms. The molecule has 0 amide bonds. The summed E-state index contributed by atoms with van der Waals surface area (Å²) in [5.41, 5.74) is 7.10. The molecule has 5 heteroatoms. The molecule has 13 heavy (non-hydrogen) atoms. The molecular formula is C8H8N4S. The van der Waals surface area contributed by atoms with Crippen LogP contribution >= 0.6 is 12.2 Å². The molecule has 2 aromatic rings. The average Bonchev–Trinajstić information content (AvgIpc) is 2.44. The Hall–Kier alpha value is -1.49. The van der Waals surface area contributed by atoms with Gasteiger partial charge in [0, 0.05) is 25.0 Å². The Morgan fingerprint density at radius 3 is 3.15 bits per heavy atom. The molecule has 2 N–H and O–H groups in total. The molecule has 2 heterocycles. The third-order valence-corrected chi connectivity index (χ3v) is 1.81. The zero-order valence-corrected chi connectivity index (χ0v) is 7.66. The molecule has 2 rings (SSSR count). The molecule has 2 aromatic heterocycles. The smallest absolute Gasteiger partial charge is 0.155 e. The van der Waals surface area contributed by atoms with Gasteiger partial charge in [-0.15, -0.1) is 0 Å². The first kappa shape index (κ1) is 8.12. The van der Waals surface area contributed by atoms with Crippen LogP contribution in [0.15, 0.2) is 24.8 Å². The van der Waals surface area contributed by atoms with E-state index in [0.717, 1.165) is 11.3 Å². The summed E-state index contributed by atoms with van der Waals surface area (Å²) >= 11 is 4.80. The van der Waals surface area contributed by atoms with Crippen molar-refractivity contribution in [2.45, 2.75) is 6.42 Å². The first-order valence-corrected chi connectivity index (χ1v) is 4.22. The number of fused-ring (bicyclic) bond motifs is 1. The SMILES string of the molecule is NC(=S)Cc1cn2ccncc2n1. The van der Waals surface area contributed by atoms with Crippen LogP contribution in [0.1, 0.15) is 5.69 Å². The largest absolute Gasteiger partial charge is 0.393 e. The summed E-state index contributed by atoms with van der Waals surface area (Å²) in [6, 6.07) is 0. The van der Waals surface area contributed by atoms with Gasteiger partial charge in [0.2, 0.25) is 0 Å². The van der Waals surface area contributed by atoms with Crippen molar-refractivity contribution >= 4 is 22.9 Å². The molecule has 0 aliphatic heterocycles. The molecule has 0 radical (unpaired) electrons. The lowest BCUT2D eigenvalue weighted by atomic mass is 10.3. The van der Waals surface area contributed by atoms with Gasteiger partial charge in [0.15, 0.2) is 5.65 Å². The van der Waals surface area contributed by atoms with E-state index in [1.165, 1.54) is 0 Å². The second-order valence-corrected chi connectivity index (χ2v) is 3.24. The molecule has 4 nitrogen and oxygen atoms in total. The van der Waals surface area contributed by atoms with E-state index in [4.69, 9.17) is 18.0 Å². The fourth-order valence-corrected chi connectivity index (χ4v) is 1.31. The predicted molar refractivity (Wildman–Crippen MR) is 53.5 cm³/mol. The van der Waals surface area contributed by atoms with E-state index < -0.39 is 0 Å². The maximum atomic E-state index is 5.41. The number of hydrogen-bond donors (Lipinski definition) is 1. The van der Waals surface area contributed by atoms with Gasteiger partial charge < -0.3 is 10.1 Å². The van der Waals surface area contributed by atoms with Crippen LogP contribution in [0.2, 0.25) is 0 Å². The molecule has 66 valence electrons. The summed E-state index contributed by atoms with van der Waals surface area (Å²) in [6.45, 7) is 0. The second-order valence-electron chi connectivity index (χ2n) is 2.72. The zero-order chi connectivity index (χ0) is 9.26. The minimum absolute atomic E-state index is 0.455. The monoisotopic (exact) mass is 192 g/mol. The Bertz CT molecular complexity index is 415. The van der Waals surface area contributed by atoms with Gasteiger partial charge in [0.05, 0.1) is 16.9 Å². The number of aromatic nitrogens is 3. The van der Waals surface area contributed by atoms with Crippen molar-refractivity contribution in [2.24, 2.45) is 5.73 Å². The fraction of sp³-hybridized carbons (Fsp3) is 0.125. The van der Waals surface area contributed by atoms with Gasteiger partial charge >= 0.3 is 0 Å². The lowest BCUT2D eigenvalue weighted by Crippen LogP contribution is -2.11. The van der Waals surface area contributed by atoms with Gasteiger partial charge in [-0.3, -0.25) is 4.98 Å². The van der Waals surface area contributed by atoms with Crippen LogP contribution in [-0.2, 0) is 6.42 Å². The van der Waals surface area contributed by atoms with E-state index >= 15 is 0 Å². The molecule has 0 saturated carbocycles. The average molecular weight is 192 g/mol. The van der Waals surface area contributed by atoms with Crippen LogP contribution in [-0.4, -0.2) is 19.4 Å². The highest BCUT2D eigenvalue weighted by atomic mass is 32.1. The molecule has 0 aromatic carbocycles. The highest BCUT2D eigenvalue weighted by Crippen LogP contribution is 2.03. The summed E-state index contributed by atoms with van der Waals surface area (Å²) in [6.07, 6.45) is 7.68. The lowest BCUT2D eigenvalue weighted by Gasteiger charge is -1.89. The first-order valence-electron chi connectivity index (χ1n) is 3.81. The van der Waals surface area contributed by atoms with E-state index in [1.54, 1.807) is 12.4 Å². The molecule has 0 atom stereocenters. The van der Waals surface area contributed by atoms with E-state index in [1.807, 2.05) is 16.8 Å². The lowest BCUT2D eigenvalue weighted by molar-refractivity contribution is 1.13. The van der Waals surface area contributed by atoms with E-state index in [9.17, 15) is 0 Å². The van der Waals surface area contributed by atoms with Crippen molar-refractivity contribution in [1.82, 2.24) is 14.4 Å². The van der Waals surface area contributed by atoms with Crippen molar-refractivity contribution in [3.8, 4) is 0 Å². The molecule has 0 saturated heterocycles. The Labute approximate surface area is 80.4 Å². The van der Waals surface area contributed by atoms with E-state index in [0.29, 0.717) is 11.4 Å². The molecule has 0 aliphatic rings. The van der Waals surface area contributed by atoms with Crippen LogP contribution in [0.4, 0.5) is 0 Å². The van der Waals surface area contributed by atoms with Crippen molar-refractivity contribution in [3.05, 3.63) is 30.5 Å². The maximum Gasteiger partial charge on any atom is 0.155 e. The van der Waals surface area contributed by atoms with Gasteiger partial charge in [-0.05, 0) is 0 Å². The fourth-order valence-electron chi connectivity index (χ4n) is 1.16. The van der Waals surface area contributed by atoms with Crippen molar-refractivity contribution in [2.75, 3.05) is 0 Å². The van der Waals surface area contributed by atoms with Gasteiger partial charge in [-0.1, -0.05) is 12.2 Å². The number of nitrogens with zero attached hydrogens (tertiary/aromatic N) is 3. The Kier molecular flexibility index (Phi) is 1.94. The third-order valence-electron chi connectivity index (χ3n) is 1.67. The maximum absolute atomic E-state index is 5.41. The van der Waals surface area contributed by atoms with Crippen molar-refractivity contribution in [1.29, 1.82) is 0 Å². The molecule has 0 bridgehead atoms. The molecule has 0 fully saturated rings. The Morgan fingerprint density at radius 1 is 1.62 bits per heavy atom. The van der Waals surface area contributed by atoms with Gasteiger partial charge in [0.25, 0.3) is 0 Å². The topological polar surface area (TPSA) is 56.2 Å². The zero-order valence-electron chi connectivity index (χ0n) is 6.84. The van der Waals surface area contributed by atoms with Crippen LogP contribution in [0, 0.1) is 0 Å².